The van der Waals surface area contributed by atoms with E-state index in [4.69, 9.17) is 0 Å². The zero-order valence-corrected chi connectivity index (χ0v) is 13.2. The number of halogens is 1. The van der Waals surface area contributed by atoms with Crippen molar-refractivity contribution in [2.45, 2.75) is 32.2 Å². The predicted octanol–water partition coefficient (Wildman–Crippen LogP) is 2.19. The van der Waals surface area contributed by atoms with Gasteiger partial charge in [-0.1, -0.05) is 28.1 Å². The lowest BCUT2D eigenvalue weighted by Gasteiger charge is -2.13. The van der Waals surface area contributed by atoms with Crippen molar-refractivity contribution in [3.8, 4) is 0 Å². The number of benzene rings is 1. The second-order valence-electron chi connectivity index (χ2n) is 5.13. The first kappa shape index (κ1) is 15.0. The van der Waals surface area contributed by atoms with Crippen LogP contribution in [0, 0.1) is 5.92 Å². The van der Waals surface area contributed by atoms with Crippen molar-refractivity contribution in [1.29, 1.82) is 0 Å². The highest BCUT2D eigenvalue weighted by molar-refractivity contribution is 9.10. The molecule has 0 radical (unpaired) electrons. The van der Waals surface area contributed by atoms with E-state index in [9.17, 15) is 9.59 Å². The van der Waals surface area contributed by atoms with E-state index in [0.717, 1.165) is 10.9 Å². The first-order valence-corrected chi connectivity index (χ1v) is 7.65. The van der Waals surface area contributed by atoms with Crippen molar-refractivity contribution >= 4 is 27.7 Å². The maximum absolute atomic E-state index is 12.1. The Morgan fingerprint density at radius 2 is 2.20 bits per heavy atom. The summed E-state index contributed by atoms with van der Waals surface area (Å²) in [5, 5.41) is 5.48. The van der Waals surface area contributed by atoms with Crippen molar-refractivity contribution in [3.63, 3.8) is 0 Å². The van der Waals surface area contributed by atoms with Gasteiger partial charge in [-0.25, -0.2) is 0 Å². The zero-order valence-electron chi connectivity index (χ0n) is 11.7. The molecule has 0 bridgehead atoms. The number of hydrogen-bond acceptors (Lipinski definition) is 2. The average Bonchev–Trinajstić information content (AvgIpc) is 3.19. The summed E-state index contributed by atoms with van der Waals surface area (Å²) in [4.78, 5) is 23.7. The van der Waals surface area contributed by atoms with Gasteiger partial charge in [0.1, 0.15) is 6.04 Å². The third-order valence-electron chi connectivity index (χ3n) is 3.51. The lowest BCUT2D eigenvalue weighted by atomic mass is 10.1. The highest BCUT2D eigenvalue weighted by Gasteiger charge is 2.44. The molecule has 0 unspecified atom stereocenters. The molecule has 1 aliphatic rings. The van der Waals surface area contributed by atoms with Crippen LogP contribution in [0.4, 0.5) is 0 Å². The molecule has 0 heterocycles. The molecule has 20 heavy (non-hydrogen) atoms. The van der Waals surface area contributed by atoms with Crippen LogP contribution in [0.3, 0.4) is 0 Å². The monoisotopic (exact) mass is 338 g/mol. The van der Waals surface area contributed by atoms with E-state index in [0.29, 0.717) is 6.54 Å². The molecule has 1 aliphatic carbocycles. The van der Waals surface area contributed by atoms with Crippen molar-refractivity contribution in [1.82, 2.24) is 10.6 Å². The number of likely N-dealkylation sites (N-methyl/N-ethyl adjacent to an activating group) is 1. The summed E-state index contributed by atoms with van der Waals surface area (Å²) < 4.78 is 1.02. The summed E-state index contributed by atoms with van der Waals surface area (Å²) >= 11 is 3.44. The molecule has 4 nitrogen and oxygen atoms in total. The SMILES string of the molecule is CCNC(=O)[C@H](C)NC(=O)[C@@H]1C[C@H]1c1cccc(Br)c1. The summed E-state index contributed by atoms with van der Waals surface area (Å²) in [6.45, 7) is 4.14. The minimum absolute atomic E-state index is 0.0128. The fourth-order valence-corrected chi connectivity index (χ4v) is 2.72. The van der Waals surface area contributed by atoms with Gasteiger partial charge in [-0.3, -0.25) is 9.59 Å². The largest absolute Gasteiger partial charge is 0.355 e. The molecule has 0 saturated heterocycles. The van der Waals surface area contributed by atoms with Crippen molar-refractivity contribution < 1.29 is 9.59 Å². The van der Waals surface area contributed by atoms with Gasteiger partial charge < -0.3 is 10.6 Å². The summed E-state index contributed by atoms with van der Waals surface area (Å²) in [5.74, 6) is 0.0874. The molecule has 0 spiro atoms. The van der Waals surface area contributed by atoms with Crippen LogP contribution in [-0.4, -0.2) is 24.4 Å². The third kappa shape index (κ3) is 3.60. The molecule has 2 N–H and O–H groups in total. The molecule has 3 atom stereocenters. The Morgan fingerprint density at radius 1 is 1.45 bits per heavy atom. The molecule has 1 saturated carbocycles. The maximum atomic E-state index is 12.1. The molecule has 2 amide bonds. The van der Waals surface area contributed by atoms with Gasteiger partial charge in [0.05, 0.1) is 0 Å². The minimum Gasteiger partial charge on any atom is -0.355 e. The first-order valence-electron chi connectivity index (χ1n) is 6.86. The lowest BCUT2D eigenvalue weighted by molar-refractivity contribution is -0.129. The Bertz CT molecular complexity index is 518. The number of amides is 2. The van der Waals surface area contributed by atoms with Gasteiger partial charge in [0.25, 0.3) is 0 Å². The first-order chi connectivity index (χ1) is 9.52. The summed E-state index contributed by atoms with van der Waals surface area (Å²) in [5.41, 5.74) is 1.17. The Hall–Kier alpha value is -1.36. The Labute approximate surface area is 127 Å². The zero-order chi connectivity index (χ0) is 14.7. The molecule has 5 heteroatoms. The number of hydrogen-bond donors (Lipinski definition) is 2. The molecule has 1 fully saturated rings. The van der Waals surface area contributed by atoms with Crippen molar-refractivity contribution in [3.05, 3.63) is 34.3 Å². The lowest BCUT2D eigenvalue weighted by Crippen LogP contribution is -2.45. The Morgan fingerprint density at radius 3 is 2.85 bits per heavy atom. The molecule has 0 aliphatic heterocycles. The van der Waals surface area contributed by atoms with Gasteiger partial charge in [0, 0.05) is 16.9 Å². The predicted molar refractivity (Wildman–Crippen MR) is 81.3 cm³/mol. The molecule has 0 aromatic heterocycles. The normalized spacial score (nSPS) is 21.9. The van der Waals surface area contributed by atoms with Crippen molar-refractivity contribution in [2.24, 2.45) is 5.92 Å². The number of rotatable bonds is 5. The van der Waals surface area contributed by atoms with Crippen LogP contribution < -0.4 is 10.6 Å². The highest BCUT2D eigenvalue weighted by atomic mass is 79.9. The van der Waals surface area contributed by atoms with E-state index in [1.165, 1.54) is 5.56 Å². The van der Waals surface area contributed by atoms with Crippen LogP contribution >= 0.6 is 15.9 Å². The third-order valence-corrected chi connectivity index (χ3v) is 4.00. The van der Waals surface area contributed by atoms with Crippen LogP contribution in [-0.2, 0) is 9.59 Å². The number of nitrogens with one attached hydrogen (secondary N) is 2. The molecule has 2 rings (SSSR count). The average molecular weight is 339 g/mol. The number of carbonyl (C=O) groups is 2. The number of carbonyl (C=O) groups excluding carboxylic acids is 2. The molecule has 108 valence electrons. The van der Waals surface area contributed by atoms with Gasteiger partial charge in [0.2, 0.25) is 11.8 Å². The molecular formula is C15H19BrN2O2. The summed E-state index contributed by atoms with van der Waals surface area (Å²) in [6.07, 6.45) is 0.852. The summed E-state index contributed by atoms with van der Waals surface area (Å²) in [6, 6.07) is 7.55. The van der Waals surface area contributed by atoms with Gasteiger partial charge in [-0.2, -0.15) is 0 Å². The molecular weight excluding hydrogens is 320 g/mol. The van der Waals surface area contributed by atoms with Crippen LogP contribution in [0.2, 0.25) is 0 Å². The maximum Gasteiger partial charge on any atom is 0.242 e. The molecule has 1 aromatic rings. The smallest absolute Gasteiger partial charge is 0.242 e. The molecule has 1 aromatic carbocycles. The topological polar surface area (TPSA) is 58.2 Å². The van der Waals surface area contributed by atoms with Gasteiger partial charge in [-0.05, 0) is 43.9 Å². The van der Waals surface area contributed by atoms with E-state index in [1.807, 2.05) is 31.2 Å². The Kier molecular flexibility index (Phi) is 4.81. The second-order valence-corrected chi connectivity index (χ2v) is 6.04. The van der Waals surface area contributed by atoms with E-state index >= 15 is 0 Å². The highest BCUT2D eigenvalue weighted by Crippen LogP contribution is 2.47. The van der Waals surface area contributed by atoms with Crippen LogP contribution in [0.25, 0.3) is 0 Å². The van der Waals surface area contributed by atoms with Crippen LogP contribution in [0.15, 0.2) is 28.7 Å². The minimum atomic E-state index is -0.480. The quantitative estimate of drug-likeness (QED) is 0.864. The van der Waals surface area contributed by atoms with Crippen LogP contribution in [0.5, 0.6) is 0 Å². The van der Waals surface area contributed by atoms with Crippen molar-refractivity contribution in [2.75, 3.05) is 6.54 Å². The van der Waals surface area contributed by atoms with E-state index in [-0.39, 0.29) is 23.7 Å². The van der Waals surface area contributed by atoms with Gasteiger partial charge in [0.15, 0.2) is 0 Å². The standard InChI is InChI=1S/C15H19BrN2O2/c1-3-17-14(19)9(2)18-15(20)13-8-12(13)10-5-4-6-11(16)7-10/h4-7,9,12-13H,3,8H2,1-2H3,(H,17,19)(H,18,20)/t9-,12-,13+/m0/s1. The van der Waals surface area contributed by atoms with Gasteiger partial charge >= 0.3 is 0 Å². The van der Waals surface area contributed by atoms with E-state index in [2.05, 4.69) is 26.6 Å². The Balaban J connectivity index is 1.88. The van der Waals surface area contributed by atoms with E-state index in [1.54, 1.807) is 6.92 Å². The van der Waals surface area contributed by atoms with Gasteiger partial charge in [-0.15, -0.1) is 0 Å². The fraction of sp³-hybridized carbons (Fsp3) is 0.467. The summed E-state index contributed by atoms with van der Waals surface area (Å²) in [7, 11) is 0. The van der Waals surface area contributed by atoms with Crippen LogP contribution in [0.1, 0.15) is 31.7 Å². The second kappa shape index (κ2) is 6.39. The van der Waals surface area contributed by atoms with E-state index < -0.39 is 6.04 Å². The fourth-order valence-electron chi connectivity index (χ4n) is 2.30.